The first-order chi connectivity index (χ1) is 12.2. The van der Waals surface area contributed by atoms with Crippen LogP contribution >= 0.6 is 24.0 Å². The number of fused-ring (bicyclic) bond motifs is 1. The van der Waals surface area contributed by atoms with Gasteiger partial charge in [0.2, 0.25) is 0 Å². The third-order valence-corrected chi connectivity index (χ3v) is 5.75. The van der Waals surface area contributed by atoms with Gasteiger partial charge in [-0.25, -0.2) is 0 Å². The van der Waals surface area contributed by atoms with E-state index in [0.29, 0.717) is 5.92 Å². The lowest BCUT2D eigenvalue weighted by molar-refractivity contribution is 0.128. The summed E-state index contributed by atoms with van der Waals surface area (Å²) in [6.07, 6.45) is 3.55. The Morgan fingerprint density at radius 2 is 1.92 bits per heavy atom. The van der Waals surface area contributed by atoms with E-state index in [0.717, 1.165) is 55.4 Å². The van der Waals surface area contributed by atoms with E-state index in [4.69, 9.17) is 21.1 Å². The van der Waals surface area contributed by atoms with Crippen LogP contribution < -0.4 is 9.47 Å². The van der Waals surface area contributed by atoms with E-state index in [1.165, 1.54) is 11.1 Å². The van der Waals surface area contributed by atoms with Gasteiger partial charge in [0.1, 0.15) is 17.6 Å². The summed E-state index contributed by atoms with van der Waals surface area (Å²) in [5.41, 5.74) is 2.57. The van der Waals surface area contributed by atoms with Crippen LogP contribution in [-0.4, -0.2) is 37.7 Å². The van der Waals surface area contributed by atoms with Crippen molar-refractivity contribution in [3.8, 4) is 11.5 Å². The van der Waals surface area contributed by atoms with Gasteiger partial charge in [-0.05, 0) is 61.7 Å². The molecule has 0 aliphatic carbocycles. The molecule has 0 N–H and O–H groups in total. The van der Waals surface area contributed by atoms with Crippen LogP contribution in [0.2, 0.25) is 5.02 Å². The average Bonchev–Trinajstić information content (AvgIpc) is 3.04. The van der Waals surface area contributed by atoms with Crippen molar-refractivity contribution < 1.29 is 9.47 Å². The summed E-state index contributed by atoms with van der Waals surface area (Å²) in [5.74, 6) is 2.50. The van der Waals surface area contributed by atoms with Gasteiger partial charge in [0.15, 0.2) is 0 Å². The summed E-state index contributed by atoms with van der Waals surface area (Å²) >= 11 is 6.36. The Morgan fingerprint density at radius 3 is 2.65 bits per heavy atom. The highest BCUT2D eigenvalue weighted by molar-refractivity contribution is 6.31. The summed E-state index contributed by atoms with van der Waals surface area (Å²) < 4.78 is 11.4. The van der Waals surface area contributed by atoms with E-state index in [1.807, 2.05) is 24.3 Å². The van der Waals surface area contributed by atoms with Crippen LogP contribution in [0.15, 0.2) is 42.5 Å². The Morgan fingerprint density at radius 1 is 1.15 bits per heavy atom. The van der Waals surface area contributed by atoms with Crippen molar-refractivity contribution in [2.75, 3.05) is 26.7 Å². The predicted molar refractivity (Wildman–Crippen MR) is 108 cm³/mol. The molecule has 2 aliphatic heterocycles. The normalized spacial score (nSPS) is 20.2. The molecular formula is C21H25Cl2NO2. The standard InChI is InChI=1S/C21H24ClNO2.ClH/c1-24-17-6-7-21-16(12-17)13-18(25-21)14-23-10-8-15(9-11-23)19-4-2-3-5-20(19)22;/h2-7,12,15,18H,8-11,13-14H2,1H3;1H. The second-order valence-corrected chi connectivity index (χ2v) is 7.42. The van der Waals surface area contributed by atoms with Crippen LogP contribution in [0.3, 0.4) is 0 Å². The van der Waals surface area contributed by atoms with Crippen LogP contribution in [0.25, 0.3) is 0 Å². The van der Waals surface area contributed by atoms with Gasteiger partial charge in [0.05, 0.1) is 7.11 Å². The minimum Gasteiger partial charge on any atom is -0.497 e. The van der Waals surface area contributed by atoms with Gasteiger partial charge in [-0.3, -0.25) is 4.90 Å². The number of hydrogen-bond donors (Lipinski definition) is 0. The summed E-state index contributed by atoms with van der Waals surface area (Å²) in [4.78, 5) is 2.53. The Balaban J connectivity index is 0.00000196. The number of methoxy groups -OCH3 is 1. The number of rotatable bonds is 4. The molecule has 0 saturated carbocycles. The maximum absolute atomic E-state index is 6.36. The Labute approximate surface area is 166 Å². The zero-order valence-corrected chi connectivity index (χ0v) is 16.6. The van der Waals surface area contributed by atoms with Crippen LogP contribution in [0.5, 0.6) is 11.5 Å². The highest BCUT2D eigenvalue weighted by Crippen LogP contribution is 2.35. The molecule has 1 unspecified atom stereocenters. The molecule has 0 amide bonds. The number of ether oxygens (including phenoxy) is 2. The SMILES string of the molecule is COc1ccc2c(c1)CC(CN1CCC(c3ccccc3Cl)CC1)O2.Cl. The van der Waals surface area contributed by atoms with Crippen molar-refractivity contribution in [1.82, 2.24) is 4.90 Å². The summed E-state index contributed by atoms with van der Waals surface area (Å²) in [6.45, 7) is 3.21. The second-order valence-electron chi connectivity index (χ2n) is 7.01. The van der Waals surface area contributed by atoms with Crippen LogP contribution in [0.1, 0.15) is 29.9 Å². The van der Waals surface area contributed by atoms with Gasteiger partial charge in [-0.1, -0.05) is 29.8 Å². The fraction of sp³-hybridized carbons (Fsp3) is 0.429. The quantitative estimate of drug-likeness (QED) is 0.732. The van der Waals surface area contributed by atoms with E-state index in [9.17, 15) is 0 Å². The Hall–Kier alpha value is -1.42. The van der Waals surface area contributed by atoms with Gasteiger partial charge >= 0.3 is 0 Å². The van der Waals surface area contributed by atoms with E-state index in [2.05, 4.69) is 23.1 Å². The van der Waals surface area contributed by atoms with Gasteiger partial charge in [-0.15, -0.1) is 12.4 Å². The fourth-order valence-electron chi connectivity index (χ4n) is 4.05. The molecule has 2 aliphatic rings. The van der Waals surface area contributed by atoms with Crippen LogP contribution in [-0.2, 0) is 6.42 Å². The summed E-state index contributed by atoms with van der Waals surface area (Å²) in [5, 5.41) is 0.907. The minimum atomic E-state index is 0. The van der Waals surface area contributed by atoms with Gasteiger partial charge in [-0.2, -0.15) is 0 Å². The van der Waals surface area contributed by atoms with Gasteiger partial charge in [0, 0.05) is 23.6 Å². The number of benzene rings is 2. The zero-order valence-electron chi connectivity index (χ0n) is 15.0. The van der Waals surface area contributed by atoms with E-state index >= 15 is 0 Å². The first-order valence-electron chi connectivity index (χ1n) is 9.03. The number of hydrogen-bond acceptors (Lipinski definition) is 3. The van der Waals surface area contributed by atoms with Crippen molar-refractivity contribution in [2.45, 2.75) is 31.3 Å². The van der Waals surface area contributed by atoms with Gasteiger partial charge in [0.25, 0.3) is 0 Å². The third-order valence-electron chi connectivity index (χ3n) is 5.40. The molecule has 1 saturated heterocycles. The van der Waals surface area contributed by atoms with E-state index in [1.54, 1.807) is 7.11 Å². The summed E-state index contributed by atoms with van der Waals surface area (Å²) in [6, 6.07) is 14.4. The molecular weight excluding hydrogens is 369 g/mol. The first kappa shape index (κ1) is 19.3. The molecule has 0 bridgehead atoms. The number of nitrogens with zero attached hydrogens (tertiary/aromatic N) is 1. The van der Waals surface area contributed by atoms with Crippen LogP contribution in [0, 0.1) is 0 Å². The van der Waals surface area contributed by atoms with E-state index in [-0.39, 0.29) is 18.5 Å². The molecule has 3 nitrogen and oxygen atoms in total. The molecule has 0 aromatic heterocycles. The van der Waals surface area contributed by atoms with Crippen LogP contribution in [0.4, 0.5) is 0 Å². The smallest absolute Gasteiger partial charge is 0.123 e. The molecule has 1 atom stereocenters. The molecule has 4 rings (SSSR count). The largest absolute Gasteiger partial charge is 0.497 e. The topological polar surface area (TPSA) is 21.7 Å². The van der Waals surface area contributed by atoms with Crippen molar-refractivity contribution in [3.63, 3.8) is 0 Å². The van der Waals surface area contributed by atoms with Crippen molar-refractivity contribution in [2.24, 2.45) is 0 Å². The lowest BCUT2D eigenvalue weighted by Crippen LogP contribution is -2.39. The molecule has 2 heterocycles. The molecule has 26 heavy (non-hydrogen) atoms. The third kappa shape index (κ3) is 4.11. The monoisotopic (exact) mass is 393 g/mol. The molecule has 1 fully saturated rings. The number of likely N-dealkylation sites (tertiary alicyclic amines) is 1. The Kier molecular flexibility index (Phi) is 6.33. The fourth-order valence-corrected chi connectivity index (χ4v) is 4.34. The minimum absolute atomic E-state index is 0. The lowest BCUT2D eigenvalue weighted by Gasteiger charge is -2.33. The van der Waals surface area contributed by atoms with E-state index < -0.39 is 0 Å². The highest BCUT2D eigenvalue weighted by atomic mass is 35.5. The number of halogens is 2. The first-order valence-corrected chi connectivity index (χ1v) is 9.41. The number of piperidine rings is 1. The second kappa shape index (κ2) is 8.51. The molecule has 2 aromatic rings. The van der Waals surface area contributed by atoms with Crippen molar-refractivity contribution in [3.05, 3.63) is 58.6 Å². The van der Waals surface area contributed by atoms with Crippen molar-refractivity contribution in [1.29, 1.82) is 0 Å². The summed E-state index contributed by atoms with van der Waals surface area (Å²) in [7, 11) is 1.71. The molecule has 140 valence electrons. The zero-order chi connectivity index (χ0) is 17.2. The average molecular weight is 394 g/mol. The maximum atomic E-state index is 6.36. The predicted octanol–water partition coefficient (Wildman–Crippen LogP) is 4.95. The molecule has 0 radical (unpaired) electrons. The van der Waals surface area contributed by atoms with Gasteiger partial charge < -0.3 is 9.47 Å². The molecule has 5 heteroatoms. The molecule has 2 aromatic carbocycles. The molecule has 0 spiro atoms. The highest BCUT2D eigenvalue weighted by Gasteiger charge is 2.28. The lowest BCUT2D eigenvalue weighted by atomic mass is 9.89. The maximum Gasteiger partial charge on any atom is 0.123 e. The van der Waals surface area contributed by atoms with Crippen molar-refractivity contribution >= 4 is 24.0 Å². The Bertz CT molecular complexity index is 745.